The Balaban J connectivity index is 2.00. The Morgan fingerprint density at radius 1 is 0.955 bits per heavy atom. The monoisotopic (exact) mass is 290 g/mol. The molecule has 110 valence electrons. The minimum atomic E-state index is -0.253. The first-order valence-electron chi connectivity index (χ1n) is 7.39. The molecule has 2 aromatic carbocycles. The van der Waals surface area contributed by atoms with Crippen molar-refractivity contribution < 1.29 is 9.53 Å². The van der Waals surface area contributed by atoms with E-state index in [1.54, 1.807) is 0 Å². The number of hydrogen-bond donors (Lipinski definition) is 0. The number of carbonyl (C=O) groups is 1. The van der Waals surface area contributed by atoms with Gasteiger partial charge in [0.25, 0.3) is 0 Å². The van der Waals surface area contributed by atoms with Crippen LogP contribution in [0.2, 0.25) is 0 Å². The van der Waals surface area contributed by atoms with Crippen LogP contribution in [0.3, 0.4) is 0 Å². The molecular weight excluding hydrogens is 272 g/mol. The van der Waals surface area contributed by atoms with Gasteiger partial charge < -0.3 is 4.74 Å². The molecule has 1 atom stereocenters. The summed E-state index contributed by atoms with van der Waals surface area (Å²) in [6.45, 7) is 0. The molecule has 0 N–H and O–H groups in total. The maximum absolute atomic E-state index is 12.1. The van der Waals surface area contributed by atoms with Crippen molar-refractivity contribution >= 4 is 11.5 Å². The zero-order chi connectivity index (χ0) is 15.4. The highest BCUT2D eigenvalue weighted by Crippen LogP contribution is 2.38. The molecule has 0 saturated carbocycles. The van der Waals surface area contributed by atoms with Crippen LogP contribution in [0, 0.1) is 0 Å². The average molecular weight is 290 g/mol. The molecule has 0 aliphatic heterocycles. The maximum Gasteiger partial charge on any atom is 0.334 e. The second-order valence-corrected chi connectivity index (χ2v) is 5.34. The van der Waals surface area contributed by atoms with E-state index < -0.39 is 0 Å². The lowest BCUT2D eigenvalue weighted by molar-refractivity contribution is -0.136. The van der Waals surface area contributed by atoms with E-state index in [0.717, 1.165) is 12.0 Å². The fraction of sp³-hybridized carbons (Fsp3) is 0.150. The molecule has 0 saturated heterocycles. The second-order valence-electron chi connectivity index (χ2n) is 5.34. The van der Waals surface area contributed by atoms with E-state index in [-0.39, 0.29) is 11.9 Å². The molecule has 1 aliphatic carbocycles. The first-order valence-corrected chi connectivity index (χ1v) is 7.39. The van der Waals surface area contributed by atoms with Gasteiger partial charge in [-0.25, -0.2) is 4.79 Å². The Hall–Kier alpha value is -2.61. The van der Waals surface area contributed by atoms with Crippen LogP contribution in [-0.4, -0.2) is 13.1 Å². The van der Waals surface area contributed by atoms with Crippen LogP contribution in [0.4, 0.5) is 0 Å². The third kappa shape index (κ3) is 2.86. The number of ether oxygens (including phenoxy) is 1. The normalized spacial score (nSPS) is 17.4. The molecule has 0 radical (unpaired) electrons. The van der Waals surface area contributed by atoms with E-state index in [2.05, 4.69) is 24.3 Å². The Morgan fingerprint density at radius 2 is 1.59 bits per heavy atom. The molecule has 2 nitrogen and oxygen atoms in total. The predicted molar refractivity (Wildman–Crippen MR) is 88.3 cm³/mol. The van der Waals surface area contributed by atoms with Crippen LogP contribution in [0.1, 0.15) is 23.5 Å². The predicted octanol–water partition coefficient (Wildman–Crippen LogP) is 4.36. The summed E-state index contributed by atoms with van der Waals surface area (Å²) in [5.41, 5.74) is 4.29. The molecule has 0 fully saturated rings. The molecule has 0 bridgehead atoms. The topological polar surface area (TPSA) is 26.3 Å². The number of carbonyl (C=O) groups excluding carboxylic acids is 1. The minimum Gasteiger partial charge on any atom is -0.466 e. The summed E-state index contributed by atoms with van der Waals surface area (Å²) in [6.07, 6.45) is 4.73. The van der Waals surface area contributed by atoms with Gasteiger partial charge in [-0.15, -0.1) is 0 Å². The van der Waals surface area contributed by atoms with Crippen LogP contribution < -0.4 is 0 Å². The van der Waals surface area contributed by atoms with E-state index in [1.165, 1.54) is 18.2 Å². The van der Waals surface area contributed by atoms with Crippen molar-refractivity contribution in [3.8, 4) is 0 Å². The molecule has 1 aliphatic rings. The Bertz CT molecular complexity index is 712. The van der Waals surface area contributed by atoms with Gasteiger partial charge in [0.15, 0.2) is 0 Å². The largest absolute Gasteiger partial charge is 0.466 e. The lowest BCUT2D eigenvalue weighted by Crippen LogP contribution is -2.16. The summed E-state index contributed by atoms with van der Waals surface area (Å²) >= 11 is 0. The van der Waals surface area contributed by atoms with Crippen molar-refractivity contribution in [3.05, 3.63) is 89.5 Å². The number of methoxy groups -OCH3 is 1. The van der Waals surface area contributed by atoms with Gasteiger partial charge in [0, 0.05) is 11.5 Å². The zero-order valence-electron chi connectivity index (χ0n) is 12.5. The number of hydrogen-bond acceptors (Lipinski definition) is 2. The Morgan fingerprint density at radius 3 is 2.23 bits per heavy atom. The number of rotatable bonds is 3. The summed E-state index contributed by atoms with van der Waals surface area (Å²) < 4.78 is 4.95. The first kappa shape index (κ1) is 14.3. The third-order valence-electron chi connectivity index (χ3n) is 4.03. The number of benzene rings is 2. The van der Waals surface area contributed by atoms with E-state index in [4.69, 9.17) is 4.74 Å². The summed E-state index contributed by atoms with van der Waals surface area (Å²) in [4.78, 5) is 12.1. The zero-order valence-corrected chi connectivity index (χ0v) is 12.5. The van der Waals surface area contributed by atoms with E-state index in [0.29, 0.717) is 5.57 Å². The molecular formula is C20H18O2. The fourth-order valence-corrected chi connectivity index (χ4v) is 2.88. The first-order chi connectivity index (χ1) is 10.8. The molecule has 22 heavy (non-hydrogen) atoms. The standard InChI is InChI=1S/C20H18O2/c1-22-20(21)18-13-12-17(15-8-4-2-5-9-15)14-19(18)16-10-6-3-7-11-16/h2-13,19H,14H2,1H3. The smallest absolute Gasteiger partial charge is 0.334 e. The van der Waals surface area contributed by atoms with E-state index in [1.807, 2.05) is 48.6 Å². The molecule has 0 spiro atoms. The van der Waals surface area contributed by atoms with Crippen LogP contribution in [0.15, 0.2) is 78.4 Å². The SMILES string of the molecule is COC(=O)C1=CC=C(c2ccccc2)CC1c1ccccc1. The molecule has 2 aromatic rings. The minimum absolute atomic E-state index is 0.0360. The summed E-state index contributed by atoms with van der Waals surface area (Å²) in [6, 6.07) is 20.4. The van der Waals surface area contributed by atoms with Crippen LogP contribution in [-0.2, 0) is 9.53 Å². The molecule has 1 unspecified atom stereocenters. The van der Waals surface area contributed by atoms with Crippen molar-refractivity contribution in [3.63, 3.8) is 0 Å². The van der Waals surface area contributed by atoms with Gasteiger partial charge in [-0.2, -0.15) is 0 Å². The maximum atomic E-state index is 12.1. The molecule has 0 heterocycles. The second kappa shape index (κ2) is 6.44. The van der Waals surface area contributed by atoms with E-state index >= 15 is 0 Å². The number of esters is 1. The molecule has 0 amide bonds. The van der Waals surface area contributed by atoms with Gasteiger partial charge in [0.05, 0.1) is 7.11 Å². The van der Waals surface area contributed by atoms with Crippen molar-refractivity contribution in [1.29, 1.82) is 0 Å². The average Bonchev–Trinajstić information content (AvgIpc) is 2.62. The summed E-state index contributed by atoms with van der Waals surface area (Å²) in [7, 11) is 1.43. The summed E-state index contributed by atoms with van der Waals surface area (Å²) in [5.74, 6) is -0.217. The van der Waals surface area contributed by atoms with Gasteiger partial charge in [0.1, 0.15) is 0 Å². The molecule has 0 aromatic heterocycles. The highest BCUT2D eigenvalue weighted by Gasteiger charge is 2.26. The lowest BCUT2D eigenvalue weighted by atomic mass is 9.80. The van der Waals surface area contributed by atoms with Crippen molar-refractivity contribution in [1.82, 2.24) is 0 Å². The van der Waals surface area contributed by atoms with Crippen LogP contribution in [0.5, 0.6) is 0 Å². The van der Waals surface area contributed by atoms with Crippen molar-refractivity contribution in [2.24, 2.45) is 0 Å². The van der Waals surface area contributed by atoms with Crippen molar-refractivity contribution in [2.75, 3.05) is 7.11 Å². The van der Waals surface area contributed by atoms with Gasteiger partial charge in [-0.05, 0) is 23.1 Å². The fourth-order valence-electron chi connectivity index (χ4n) is 2.88. The van der Waals surface area contributed by atoms with Crippen LogP contribution >= 0.6 is 0 Å². The third-order valence-corrected chi connectivity index (χ3v) is 4.03. The van der Waals surface area contributed by atoms with Crippen molar-refractivity contribution in [2.45, 2.75) is 12.3 Å². The van der Waals surface area contributed by atoms with Gasteiger partial charge in [-0.1, -0.05) is 72.8 Å². The Kier molecular flexibility index (Phi) is 4.19. The van der Waals surface area contributed by atoms with Gasteiger partial charge in [-0.3, -0.25) is 0 Å². The number of allylic oxidation sites excluding steroid dienone is 3. The highest BCUT2D eigenvalue weighted by molar-refractivity contribution is 5.92. The molecule has 3 rings (SSSR count). The molecule has 2 heteroatoms. The summed E-state index contributed by atoms with van der Waals surface area (Å²) in [5, 5.41) is 0. The Labute approximate surface area is 130 Å². The lowest BCUT2D eigenvalue weighted by Gasteiger charge is -2.24. The van der Waals surface area contributed by atoms with Gasteiger partial charge in [0.2, 0.25) is 0 Å². The van der Waals surface area contributed by atoms with Gasteiger partial charge >= 0.3 is 5.97 Å². The highest BCUT2D eigenvalue weighted by atomic mass is 16.5. The van der Waals surface area contributed by atoms with E-state index in [9.17, 15) is 4.79 Å². The van der Waals surface area contributed by atoms with Crippen LogP contribution in [0.25, 0.3) is 5.57 Å². The quantitative estimate of drug-likeness (QED) is 0.785.